The molecule has 128 valence electrons. The predicted octanol–water partition coefficient (Wildman–Crippen LogP) is 3.42. The van der Waals surface area contributed by atoms with Crippen LogP contribution in [0, 0.1) is 0 Å². The van der Waals surface area contributed by atoms with Crippen molar-refractivity contribution in [2.45, 2.75) is 43.0 Å². The van der Waals surface area contributed by atoms with Gasteiger partial charge in [0, 0.05) is 36.5 Å². The van der Waals surface area contributed by atoms with E-state index in [2.05, 4.69) is 0 Å². The summed E-state index contributed by atoms with van der Waals surface area (Å²) in [5.41, 5.74) is 0.866. The fourth-order valence-electron chi connectivity index (χ4n) is 3.41. The lowest BCUT2D eigenvalue weighted by Crippen LogP contribution is -2.39. The smallest absolute Gasteiger partial charge is 0.251 e. The van der Waals surface area contributed by atoms with E-state index in [-0.39, 0.29) is 11.5 Å². The largest absolute Gasteiger partial charge is 0.342 e. The Labute approximate surface area is 146 Å². The minimum Gasteiger partial charge on any atom is -0.342 e. The van der Waals surface area contributed by atoms with E-state index >= 15 is 0 Å². The maximum absolute atomic E-state index is 12.5. The molecule has 3 rings (SSSR count). The van der Waals surface area contributed by atoms with Crippen molar-refractivity contribution in [3.05, 3.63) is 40.7 Å². The highest BCUT2D eigenvalue weighted by Gasteiger charge is 2.22. The molecule has 0 aliphatic heterocycles. The predicted molar refractivity (Wildman–Crippen MR) is 99.6 cm³/mol. The van der Waals surface area contributed by atoms with Gasteiger partial charge in [-0.15, -0.1) is 11.8 Å². The Balaban J connectivity index is 1.75. The number of benzene rings is 1. The van der Waals surface area contributed by atoms with Crippen molar-refractivity contribution in [1.82, 2.24) is 9.47 Å². The molecular weight excluding hydrogens is 320 g/mol. The van der Waals surface area contributed by atoms with Crippen LogP contribution < -0.4 is 5.56 Å². The fraction of sp³-hybridized carbons (Fsp3) is 0.474. The van der Waals surface area contributed by atoms with Gasteiger partial charge >= 0.3 is 0 Å². The number of aromatic nitrogens is 1. The van der Waals surface area contributed by atoms with E-state index in [1.165, 1.54) is 31.0 Å². The van der Waals surface area contributed by atoms with Gasteiger partial charge in [0.2, 0.25) is 5.91 Å². The number of rotatable bonds is 4. The molecule has 1 heterocycles. The second-order valence-corrected chi connectivity index (χ2v) is 7.53. The van der Waals surface area contributed by atoms with Crippen LogP contribution in [0.3, 0.4) is 0 Å². The molecule has 24 heavy (non-hydrogen) atoms. The second-order valence-electron chi connectivity index (χ2n) is 6.51. The van der Waals surface area contributed by atoms with Crippen molar-refractivity contribution in [2.75, 3.05) is 12.8 Å². The van der Waals surface area contributed by atoms with Gasteiger partial charge in [-0.05, 0) is 18.9 Å². The summed E-state index contributed by atoms with van der Waals surface area (Å²) in [5, 5.41) is 1.03. The minimum atomic E-state index is -0.0377. The lowest BCUT2D eigenvalue weighted by Gasteiger charge is -2.31. The van der Waals surface area contributed by atoms with Crippen LogP contribution in [-0.2, 0) is 11.8 Å². The first-order chi connectivity index (χ1) is 11.6. The molecule has 1 aliphatic rings. The molecule has 1 amide bonds. The normalized spacial score (nSPS) is 15.6. The van der Waals surface area contributed by atoms with E-state index in [0.717, 1.165) is 28.6 Å². The van der Waals surface area contributed by atoms with Crippen LogP contribution in [0.15, 0.2) is 40.0 Å². The van der Waals surface area contributed by atoms with Crippen molar-refractivity contribution in [3.63, 3.8) is 0 Å². The number of nitrogens with zero attached hydrogens (tertiary/aromatic N) is 2. The van der Waals surface area contributed by atoms with E-state index in [4.69, 9.17) is 0 Å². The molecule has 0 spiro atoms. The van der Waals surface area contributed by atoms with Gasteiger partial charge in [-0.2, -0.15) is 0 Å². The molecule has 0 atom stereocenters. The number of hydrogen-bond acceptors (Lipinski definition) is 3. The molecular formula is C19H24N2O2S. The zero-order valence-corrected chi connectivity index (χ0v) is 15.1. The highest BCUT2D eigenvalue weighted by Crippen LogP contribution is 2.27. The molecule has 0 N–H and O–H groups in total. The highest BCUT2D eigenvalue weighted by molar-refractivity contribution is 8.00. The number of para-hydroxylation sites is 1. The standard InChI is InChI=1S/C19H24N2O2S/c1-20(14-8-4-3-5-9-14)19(23)13-24-17-12-18(22)21(2)16-11-7-6-10-15(16)17/h6-7,10-12,14H,3-5,8-9,13H2,1-2H3. The SMILES string of the molecule is CN(C(=O)CSc1cc(=O)n(C)c2ccccc12)C1CCCCC1. The number of aryl methyl sites for hydroxylation is 1. The first kappa shape index (κ1) is 17.1. The average Bonchev–Trinajstić information content (AvgIpc) is 2.63. The summed E-state index contributed by atoms with van der Waals surface area (Å²) >= 11 is 1.47. The van der Waals surface area contributed by atoms with Crippen LogP contribution in [0.2, 0.25) is 0 Å². The van der Waals surface area contributed by atoms with Gasteiger partial charge in [0.15, 0.2) is 0 Å². The maximum Gasteiger partial charge on any atom is 0.251 e. The number of fused-ring (bicyclic) bond motifs is 1. The monoisotopic (exact) mass is 344 g/mol. The van der Waals surface area contributed by atoms with Gasteiger partial charge in [-0.25, -0.2) is 0 Å². The minimum absolute atomic E-state index is 0.0377. The Morgan fingerprint density at radius 3 is 2.71 bits per heavy atom. The number of carbonyl (C=O) groups is 1. The van der Waals surface area contributed by atoms with E-state index in [1.807, 2.05) is 36.2 Å². The Hall–Kier alpha value is -1.75. The molecule has 1 aromatic carbocycles. The van der Waals surface area contributed by atoms with Crippen LogP contribution in [-0.4, -0.2) is 34.2 Å². The summed E-state index contributed by atoms with van der Waals surface area (Å²) in [6.45, 7) is 0. The van der Waals surface area contributed by atoms with Gasteiger partial charge in [-0.3, -0.25) is 9.59 Å². The molecule has 1 aliphatic carbocycles. The van der Waals surface area contributed by atoms with E-state index < -0.39 is 0 Å². The van der Waals surface area contributed by atoms with Gasteiger partial charge in [0.25, 0.3) is 5.56 Å². The number of carbonyl (C=O) groups excluding carboxylic acids is 1. The molecule has 1 aromatic heterocycles. The molecule has 0 bridgehead atoms. The van der Waals surface area contributed by atoms with Crippen molar-refractivity contribution in [2.24, 2.45) is 7.05 Å². The zero-order chi connectivity index (χ0) is 17.1. The molecule has 0 unspecified atom stereocenters. The third kappa shape index (κ3) is 3.51. The lowest BCUT2D eigenvalue weighted by molar-refractivity contribution is -0.129. The second kappa shape index (κ2) is 7.43. The number of hydrogen-bond donors (Lipinski definition) is 0. The van der Waals surface area contributed by atoms with Gasteiger partial charge in [-0.1, -0.05) is 37.5 Å². The third-order valence-corrected chi connectivity index (χ3v) is 6.02. The molecule has 0 saturated heterocycles. The van der Waals surface area contributed by atoms with E-state index in [0.29, 0.717) is 11.8 Å². The van der Waals surface area contributed by atoms with Crippen molar-refractivity contribution >= 4 is 28.6 Å². The van der Waals surface area contributed by atoms with E-state index in [1.54, 1.807) is 17.7 Å². The van der Waals surface area contributed by atoms with Crippen LogP contribution in [0.5, 0.6) is 0 Å². The van der Waals surface area contributed by atoms with Gasteiger partial charge in [0.05, 0.1) is 11.3 Å². The topological polar surface area (TPSA) is 42.3 Å². The van der Waals surface area contributed by atoms with Gasteiger partial charge in [0.1, 0.15) is 0 Å². The summed E-state index contributed by atoms with van der Waals surface area (Å²) < 4.78 is 1.65. The quantitative estimate of drug-likeness (QED) is 0.798. The van der Waals surface area contributed by atoms with Gasteiger partial charge < -0.3 is 9.47 Å². The number of thioether (sulfide) groups is 1. The van der Waals surface area contributed by atoms with Crippen LogP contribution >= 0.6 is 11.8 Å². The summed E-state index contributed by atoms with van der Waals surface area (Å²) in [6.07, 6.45) is 5.94. The highest BCUT2D eigenvalue weighted by atomic mass is 32.2. The summed E-state index contributed by atoms with van der Waals surface area (Å²) in [4.78, 5) is 27.5. The summed E-state index contributed by atoms with van der Waals surface area (Å²) in [5.74, 6) is 0.529. The number of amides is 1. The molecule has 2 aromatic rings. The van der Waals surface area contributed by atoms with Crippen LogP contribution in [0.1, 0.15) is 32.1 Å². The average molecular weight is 344 g/mol. The van der Waals surface area contributed by atoms with Crippen molar-refractivity contribution in [3.8, 4) is 0 Å². The summed E-state index contributed by atoms with van der Waals surface area (Å²) in [7, 11) is 3.70. The Kier molecular flexibility index (Phi) is 5.29. The molecule has 1 fully saturated rings. The first-order valence-electron chi connectivity index (χ1n) is 8.55. The summed E-state index contributed by atoms with van der Waals surface area (Å²) in [6, 6.07) is 9.86. The lowest BCUT2D eigenvalue weighted by atomic mass is 9.94. The molecule has 0 radical (unpaired) electrons. The molecule has 1 saturated carbocycles. The Bertz CT molecular complexity index is 794. The Morgan fingerprint density at radius 2 is 1.96 bits per heavy atom. The van der Waals surface area contributed by atoms with Crippen molar-refractivity contribution < 1.29 is 4.79 Å². The molecule has 5 heteroatoms. The number of pyridine rings is 1. The fourth-order valence-corrected chi connectivity index (χ4v) is 4.41. The van der Waals surface area contributed by atoms with Crippen LogP contribution in [0.25, 0.3) is 10.9 Å². The van der Waals surface area contributed by atoms with Crippen LogP contribution in [0.4, 0.5) is 0 Å². The van der Waals surface area contributed by atoms with E-state index in [9.17, 15) is 9.59 Å². The Morgan fingerprint density at radius 1 is 1.25 bits per heavy atom. The zero-order valence-electron chi connectivity index (χ0n) is 14.3. The maximum atomic E-state index is 12.5. The first-order valence-corrected chi connectivity index (χ1v) is 9.53. The van der Waals surface area contributed by atoms with Crippen molar-refractivity contribution in [1.29, 1.82) is 0 Å². The molecule has 4 nitrogen and oxygen atoms in total. The third-order valence-electron chi connectivity index (χ3n) is 4.98.